The maximum absolute atomic E-state index is 8.74. The lowest BCUT2D eigenvalue weighted by atomic mass is 10.2. The Morgan fingerprint density at radius 1 is 1.53 bits per heavy atom. The van der Waals surface area contributed by atoms with Crippen LogP contribution in [0.2, 0.25) is 0 Å². The van der Waals surface area contributed by atoms with E-state index in [1.165, 1.54) is 11.9 Å². The molecule has 1 heterocycles. The molecule has 0 bridgehead atoms. The predicted molar refractivity (Wildman–Crippen MR) is 73.7 cm³/mol. The Morgan fingerprint density at radius 3 is 2.79 bits per heavy atom. The van der Waals surface area contributed by atoms with Gasteiger partial charge < -0.3 is 13.8 Å². The van der Waals surface area contributed by atoms with Gasteiger partial charge in [-0.05, 0) is 26.2 Å². The first kappa shape index (κ1) is 15.8. The Morgan fingerprint density at radius 2 is 2.26 bits per heavy atom. The summed E-state index contributed by atoms with van der Waals surface area (Å²) >= 11 is 1.45. The SMILES string of the molecule is CSN(C=C(C#N)C#N)CC(C)OC1CCCCO1. The third-order valence-corrected chi connectivity index (χ3v) is 3.43. The Labute approximate surface area is 118 Å². The van der Waals surface area contributed by atoms with Gasteiger partial charge in [0.2, 0.25) is 0 Å². The molecule has 0 N–H and O–H groups in total. The van der Waals surface area contributed by atoms with Crippen LogP contribution in [0.1, 0.15) is 26.2 Å². The van der Waals surface area contributed by atoms with Crippen LogP contribution in [-0.4, -0.2) is 36.1 Å². The zero-order valence-electron chi connectivity index (χ0n) is 11.3. The molecule has 5 nitrogen and oxygen atoms in total. The van der Waals surface area contributed by atoms with Crippen molar-refractivity contribution in [1.82, 2.24) is 4.31 Å². The summed E-state index contributed by atoms with van der Waals surface area (Å²) in [5.74, 6) is 0. The Balaban J connectivity index is 2.44. The lowest BCUT2D eigenvalue weighted by molar-refractivity contribution is -0.184. The molecular formula is C13H19N3O2S. The van der Waals surface area contributed by atoms with Crippen LogP contribution >= 0.6 is 11.9 Å². The van der Waals surface area contributed by atoms with Crippen LogP contribution in [0.4, 0.5) is 0 Å². The standard InChI is InChI=1S/C13H19N3O2S/c1-11(18-13-5-3-4-6-17-13)9-16(19-2)10-12(7-14)8-15/h10-11,13H,3-6,9H2,1-2H3. The van der Waals surface area contributed by atoms with Gasteiger partial charge in [0.25, 0.3) is 0 Å². The first-order chi connectivity index (χ1) is 9.19. The molecule has 19 heavy (non-hydrogen) atoms. The Kier molecular flexibility index (Phi) is 7.35. The largest absolute Gasteiger partial charge is 0.353 e. The van der Waals surface area contributed by atoms with Crippen molar-refractivity contribution in [2.75, 3.05) is 19.4 Å². The molecule has 0 radical (unpaired) electrons. The summed E-state index contributed by atoms with van der Waals surface area (Å²) in [4.78, 5) is 0. The van der Waals surface area contributed by atoms with Gasteiger partial charge in [-0.1, -0.05) is 11.9 Å². The van der Waals surface area contributed by atoms with Crippen molar-refractivity contribution in [2.45, 2.75) is 38.6 Å². The molecule has 0 aromatic heterocycles. The zero-order chi connectivity index (χ0) is 14.1. The zero-order valence-corrected chi connectivity index (χ0v) is 12.2. The minimum absolute atomic E-state index is 0.0227. The smallest absolute Gasteiger partial charge is 0.158 e. The van der Waals surface area contributed by atoms with Gasteiger partial charge in [0.05, 0.1) is 12.6 Å². The van der Waals surface area contributed by atoms with Crippen molar-refractivity contribution in [3.63, 3.8) is 0 Å². The molecule has 0 aromatic carbocycles. The molecule has 0 aromatic rings. The van der Waals surface area contributed by atoms with E-state index in [-0.39, 0.29) is 18.0 Å². The van der Waals surface area contributed by atoms with Gasteiger partial charge in [-0.3, -0.25) is 0 Å². The van der Waals surface area contributed by atoms with Gasteiger partial charge in [0.15, 0.2) is 6.29 Å². The predicted octanol–water partition coefficient (Wildman–Crippen LogP) is 2.43. The van der Waals surface area contributed by atoms with E-state index < -0.39 is 0 Å². The highest BCUT2D eigenvalue weighted by Crippen LogP contribution is 2.17. The second kappa shape index (κ2) is 8.82. The number of hydrogen-bond acceptors (Lipinski definition) is 6. The molecule has 2 unspecified atom stereocenters. The highest BCUT2D eigenvalue weighted by molar-refractivity contribution is 7.96. The number of allylic oxidation sites excluding steroid dienone is 1. The molecule has 1 saturated heterocycles. The van der Waals surface area contributed by atoms with E-state index in [1.54, 1.807) is 6.20 Å². The lowest BCUT2D eigenvalue weighted by Crippen LogP contribution is -2.31. The van der Waals surface area contributed by atoms with Crippen molar-refractivity contribution in [3.05, 3.63) is 11.8 Å². The van der Waals surface area contributed by atoms with Crippen molar-refractivity contribution in [3.8, 4) is 12.1 Å². The summed E-state index contributed by atoms with van der Waals surface area (Å²) in [6.45, 7) is 3.33. The summed E-state index contributed by atoms with van der Waals surface area (Å²) in [5.41, 5.74) is 0.0930. The molecule has 1 fully saturated rings. The highest BCUT2D eigenvalue weighted by atomic mass is 32.2. The second-order valence-electron chi connectivity index (χ2n) is 4.29. The van der Waals surface area contributed by atoms with E-state index in [9.17, 15) is 0 Å². The third kappa shape index (κ3) is 5.98. The topological polar surface area (TPSA) is 69.3 Å². The number of rotatable bonds is 6. The van der Waals surface area contributed by atoms with E-state index in [0.29, 0.717) is 6.54 Å². The van der Waals surface area contributed by atoms with Crippen LogP contribution in [0.5, 0.6) is 0 Å². The van der Waals surface area contributed by atoms with Gasteiger partial charge in [0.1, 0.15) is 17.7 Å². The summed E-state index contributed by atoms with van der Waals surface area (Å²) in [6.07, 6.45) is 6.46. The normalized spacial score (nSPS) is 19.9. The average Bonchev–Trinajstić information content (AvgIpc) is 2.44. The van der Waals surface area contributed by atoms with E-state index in [4.69, 9.17) is 20.0 Å². The third-order valence-electron chi connectivity index (χ3n) is 2.71. The first-order valence-electron chi connectivity index (χ1n) is 6.29. The molecule has 0 amide bonds. The first-order valence-corrected chi connectivity index (χ1v) is 7.47. The van der Waals surface area contributed by atoms with Crippen molar-refractivity contribution >= 4 is 11.9 Å². The summed E-state index contributed by atoms with van der Waals surface area (Å²) in [7, 11) is 0. The molecule has 1 aliphatic heterocycles. The Bertz CT molecular complexity index is 364. The van der Waals surface area contributed by atoms with Crippen LogP contribution in [0, 0.1) is 22.7 Å². The van der Waals surface area contributed by atoms with Crippen molar-refractivity contribution < 1.29 is 9.47 Å². The van der Waals surface area contributed by atoms with Gasteiger partial charge in [-0.2, -0.15) is 10.5 Å². The summed E-state index contributed by atoms with van der Waals surface area (Å²) in [5, 5.41) is 17.5. The van der Waals surface area contributed by atoms with E-state index in [0.717, 1.165) is 25.9 Å². The molecule has 0 aliphatic carbocycles. The summed E-state index contributed by atoms with van der Waals surface area (Å²) in [6, 6.07) is 3.70. The monoisotopic (exact) mass is 281 g/mol. The fourth-order valence-corrected chi connectivity index (χ4v) is 2.35. The summed E-state index contributed by atoms with van der Waals surface area (Å²) < 4.78 is 13.1. The van der Waals surface area contributed by atoms with Crippen LogP contribution in [0.15, 0.2) is 11.8 Å². The molecule has 0 saturated carbocycles. The van der Waals surface area contributed by atoms with Crippen LogP contribution < -0.4 is 0 Å². The number of ether oxygens (including phenoxy) is 2. The number of nitriles is 2. The maximum Gasteiger partial charge on any atom is 0.158 e. The second-order valence-corrected chi connectivity index (χ2v) is 5.13. The van der Waals surface area contributed by atoms with Crippen LogP contribution in [0.25, 0.3) is 0 Å². The van der Waals surface area contributed by atoms with Gasteiger partial charge in [0, 0.05) is 19.1 Å². The molecule has 2 atom stereocenters. The number of nitrogens with zero attached hydrogens (tertiary/aromatic N) is 3. The lowest BCUT2D eigenvalue weighted by Gasteiger charge is -2.28. The van der Waals surface area contributed by atoms with E-state index >= 15 is 0 Å². The van der Waals surface area contributed by atoms with E-state index in [1.807, 2.05) is 29.6 Å². The highest BCUT2D eigenvalue weighted by Gasteiger charge is 2.18. The molecule has 0 spiro atoms. The fraction of sp³-hybridized carbons (Fsp3) is 0.692. The molecule has 6 heteroatoms. The minimum atomic E-state index is -0.122. The molecule has 1 rings (SSSR count). The minimum Gasteiger partial charge on any atom is -0.353 e. The van der Waals surface area contributed by atoms with Gasteiger partial charge in [-0.25, -0.2) is 0 Å². The fourth-order valence-electron chi connectivity index (χ4n) is 1.78. The molecular weight excluding hydrogens is 262 g/mol. The quantitative estimate of drug-likeness (QED) is 0.550. The molecule has 104 valence electrons. The van der Waals surface area contributed by atoms with Crippen molar-refractivity contribution in [1.29, 1.82) is 10.5 Å². The number of hydrogen-bond donors (Lipinski definition) is 0. The van der Waals surface area contributed by atoms with Gasteiger partial charge in [-0.15, -0.1) is 0 Å². The van der Waals surface area contributed by atoms with Crippen LogP contribution in [-0.2, 0) is 9.47 Å². The van der Waals surface area contributed by atoms with Gasteiger partial charge >= 0.3 is 0 Å². The van der Waals surface area contributed by atoms with E-state index in [2.05, 4.69) is 0 Å². The van der Waals surface area contributed by atoms with Crippen LogP contribution in [0.3, 0.4) is 0 Å². The van der Waals surface area contributed by atoms with Crippen molar-refractivity contribution in [2.24, 2.45) is 0 Å². The average molecular weight is 281 g/mol. The Hall–Kier alpha value is -1.21. The molecule has 1 aliphatic rings. The maximum atomic E-state index is 8.74.